The number of nitrogens with two attached hydrogens (primary N) is 1. The third kappa shape index (κ3) is 3.34. The van der Waals surface area contributed by atoms with E-state index in [1.807, 2.05) is 11.3 Å². The van der Waals surface area contributed by atoms with E-state index in [4.69, 9.17) is 5.73 Å². The van der Waals surface area contributed by atoms with Crippen LogP contribution >= 0.6 is 11.3 Å². The van der Waals surface area contributed by atoms with Crippen LogP contribution in [0.3, 0.4) is 0 Å². The molecule has 0 aromatic carbocycles. The van der Waals surface area contributed by atoms with E-state index in [0.717, 1.165) is 0 Å². The largest absolute Gasteiger partial charge is 0.329 e. The fourth-order valence-corrected chi connectivity index (χ4v) is 3.73. The van der Waals surface area contributed by atoms with Crippen LogP contribution in [0.4, 0.5) is 0 Å². The van der Waals surface area contributed by atoms with Gasteiger partial charge >= 0.3 is 0 Å². The van der Waals surface area contributed by atoms with Crippen molar-refractivity contribution in [2.75, 3.05) is 6.54 Å². The van der Waals surface area contributed by atoms with E-state index in [-0.39, 0.29) is 5.41 Å². The number of hydrogen-bond donors (Lipinski definition) is 2. The summed E-state index contributed by atoms with van der Waals surface area (Å²) in [6.45, 7) is 7.50. The second-order valence-electron chi connectivity index (χ2n) is 6.39. The van der Waals surface area contributed by atoms with Crippen LogP contribution in [0.15, 0.2) is 12.1 Å². The zero-order valence-electron chi connectivity index (χ0n) is 11.8. The van der Waals surface area contributed by atoms with E-state index < -0.39 is 0 Å². The van der Waals surface area contributed by atoms with Crippen LogP contribution in [-0.4, -0.2) is 12.6 Å². The fourth-order valence-electron chi connectivity index (χ4n) is 2.59. The molecule has 1 atom stereocenters. The van der Waals surface area contributed by atoms with Crippen molar-refractivity contribution in [2.24, 2.45) is 5.73 Å². The molecule has 1 fully saturated rings. The second-order valence-corrected chi connectivity index (χ2v) is 7.50. The summed E-state index contributed by atoms with van der Waals surface area (Å²) in [5.74, 6) is 0. The van der Waals surface area contributed by atoms with Crippen molar-refractivity contribution in [1.29, 1.82) is 0 Å². The number of hydrogen-bond acceptors (Lipinski definition) is 3. The monoisotopic (exact) mass is 266 g/mol. The Morgan fingerprint density at radius 1 is 1.33 bits per heavy atom. The minimum atomic E-state index is 0.245. The van der Waals surface area contributed by atoms with Gasteiger partial charge in [-0.1, -0.05) is 33.6 Å². The SMILES string of the molecule is CC(C)(C)c1ccc(C(CN)NC2CCCC2)s1. The predicted octanol–water partition coefficient (Wildman–Crippen LogP) is 3.58. The molecule has 1 heterocycles. The Morgan fingerprint density at radius 3 is 2.50 bits per heavy atom. The van der Waals surface area contributed by atoms with Crippen molar-refractivity contribution in [3.8, 4) is 0 Å². The molecule has 102 valence electrons. The molecule has 1 saturated carbocycles. The summed E-state index contributed by atoms with van der Waals surface area (Å²) in [4.78, 5) is 2.85. The number of nitrogens with one attached hydrogen (secondary N) is 1. The smallest absolute Gasteiger partial charge is 0.0541 e. The lowest BCUT2D eigenvalue weighted by Gasteiger charge is -2.21. The highest BCUT2D eigenvalue weighted by molar-refractivity contribution is 7.12. The van der Waals surface area contributed by atoms with Gasteiger partial charge in [-0.15, -0.1) is 11.3 Å². The van der Waals surface area contributed by atoms with Crippen molar-refractivity contribution >= 4 is 11.3 Å². The van der Waals surface area contributed by atoms with Crippen molar-refractivity contribution < 1.29 is 0 Å². The molecular formula is C15H26N2S. The highest BCUT2D eigenvalue weighted by Gasteiger charge is 2.22. The van der Waals surface area contributed by atoms with Gasteiger partial charge < -0.3 is 11.1 Å². The van der Waals surface area contributed by atoms with Gasteiger partial charge in [-0.05, 0) is 30.4 Å². The van der Waals surface area contributed by atoms with E-state index in [2.05, 4.69) is 38.2 Å². The van der Waals surface area contributed by atoms with Gasteiger partial charge in [0.25, 0.3) is 0 Å². The molecule has 0 bridgehead atoms. The molecule has 2 rings (SSSR count). The van der Waals surface area contributed by atoms with Gasteiger partial charge in [0.05, 0.1) is 6.04 Å². The van der Waals surface area contributed by atoms with Gasteiger partial charge in [0.15, 0.2) is 0 Å². The topological polar surface area (TPSA) is 38.0 Å². The normalized spacial score (nSPS) is 19.3. The second kappa shape index (κ2) is 5.72. The van der Waals surface area contributed by atoms with Gasteiger partial charge in [0, 0.05) is 22.3 Å². The Labute approximate surface area is 115 Å². The molecule has 0 amide bonds. The Kier molecular flexibility index (Phi) is 4.46. The first kappa shape index (κ1) is 14.0. The van der Waals surface area contributed by atoms with Crippen LogP contribution in [-0.2, 0) is 5.41 Å². The highest BCUT2D eigenvalue weighted by atomic mass is 32.1. The van der Waals surface area contributed by atoms with Crippen LogP contribution in [0.2, 0.25) is 0 Å². The zero-order valence-corrected chi connectivity index (χ0v) is 12.6. The maximum absolute atomic E-state index is 5.95. The first-order chi connectivity index (χ1) is 8.50. The van der Waals surface area contributed by atoms with Gasteiger partial charge in [-0.3, -0.25) is 0 Å². The summed E-state index contributed by atoms with van der Waals surface area (Å²) in [5, 5.41) is 3.73. The van der Waals surface area contributed by atoms with Gasteiger partial charge in [0.1, 0.15) is 0 Å². The number of rotatable bonds is 4. The molecule has 1 unspecified atom stereocenters. The van der Waals surface area contributed by atoms with E-state index in [0.29, 0.717) is 18.6 Å². The lowest BCUT2D eigenvalue weighted by Crippen LogP contribution is -2.34. The Bertz CT molecular complexity index is 372. The average Bonchev–Trinajstić information content (AvgIpc) is 2.95. The molecule has 3 heteroatoms. The summed E-state index contributed by atoms with van der Waals surface area (Å²) in [6, 6.07) is 5.54. The van der Waals surface area contributed by atoms with Crippen molar-refractivity contribution in [1.82, 2.24) is 5.32 Å². The maximum atomic E-state index is 5.95. The van der Waals surface area contributed by atoms with Crippen LogP contribution in [0.1, 0.15) is 62.3 Å². The van der Waals surface area contributed by atoms with Gasteiger partial charge in [-0.25, -0.2) is 0 Å². The standard InChI is InChI=1S/C15H26N2S/c1-15(2,3)14-9-8-13(18-14)12(10-16)17-11-6-4-5-7-11/h8-9,11-12,17H,4-7,10,16H2,1-3H3. The average molecular weight is 266 g/mol. The molecule has 0 radical (unpaired) electrons. The molecule has 1 aliphatic carbocycles. The van der Waals surface area contributed by atoms with Crippen molar-refractivity contribution in [3.05, 3.63) is 21.9 Å². The maximum Gasteiger partial charge on any atom is 0.0541 e. The lowest BCUT2D eigenvalue weighted by molar-refractivity contribution is 0.449. The Morgan fingerprint density at radius 2 is 2.00 bits per heavy atom. The molecule has 1 aromatic rings. The first-order valence-electron chi connectivity index (χ1n) is 7.07. The lowest BCUT2D eigenvalue weighted by atomic mass is 9.95. The third-order valence-electron chi connectivity index (χ3n) is 3.74. The molecule has 3 N–H and O–H groups in total. The fraction of sp³-hybridized carbons (Fsp3) is 0.733. The van der Waals surface area contributed by atoms with Crippen LogP contribution < -0.4 is 11.1 Å². The first-order valence-corrected chi connectivity index (χ1v) is 7.88. The van der Waals surface area contributed by atoms with Crippen molar-refractivity contribution in [2.45, 2.75) is 64.0 Å². The minimum Gasteiger partial charge on any atom is -0.329 e. The molecule has 0 saturated heterocycles. The summed E-state index contributed by atoms with van der Waals surface area (Å²) >= 11 is 1.91. The number of thiophene rings is 1. The van der Waals surface area contributed by atoms with Gasteiger partial charge in [-0.2, -0.15) is 0 Å². The van der Waals surface area contributed by atoms with Crippen LogP contribution in [0, 0.1) is 0 Å². The van der Waals surface area contributed by atoms with E-state index in [1.54, 1.807) is 0 Å². The Hall–Kier alpha value is -0.380. The molecule has 1 aromatic heterocycles. The molecule has 1 aliphatic rings. The summed E-state index contributed by atoms with van der Waals surface area (Å²) in [6.07, 6.45) is 5.36. The van der Waals surface area contributed by atoms with E-state index >= 15 is 0 Å². The van der Waals surface area contributed by atoms with Gasteiger partial charge in [0.2, 0.25) is 0 Å². The molecule has 2 nitrogen and oxygen atoms in total. The molecule has 0 aliphatic heterocycles. The highest BCUT2D eigenvalue weighted by Crippen LogP contribution is 2.33. The van der Waals surface area contributed by atoms with Crippen LogP contribution in [0.5, 0.6) is 0 Å². The zero-order chi connectivity index (χ0) is 13.2. The molecule has 0 spiro atoms. The van der Waals surface area contributed by atoms with E-state index in [1.165, 1.54) is 35.4 Å². The quantitative estimate of drug-likeness (QED) is 0.874. The minimum absolute atomic E-state index is 0.245. The molecular weight excluding hydrogens is 240 g/mol. The summed E-state index contributed by atoms with van der Waals surface area (Å²) in [5.41, 5.74) is 6.19. The Balaban J connectivity index is 2.05. The third-order valence-corrected chi connectivity index (χ3v) is 5.36. The van der Waals surface area contributed by atoms with Crippen molar-refractivity contribution in [3.63, 3.8) is 0 Å². The summed E-state index contributed by atoms with van der Waals surface area (Å²) < 4.78 is 0. The predicted molar refractivity (Wildman–Crippen MR) is 80.2 cm³/mol. The molecule has 18 heavy (non-hydrogen) atoms. The van der Waals surface area contributed by atoms with E-state index in [9.17, 15) is 0 Å². The van der Waals surface area contributed by atoms with Crippen LogP contribution in [0.25, 0.3) is 0 Å². The summed E-state index contributed by atoms with van der Waals surface area (Å²) in [7, 11) is 0.